The van der Waals surface area contributed by atoms with E-state index in [4.69, 9.17) is 0 Å². The quantitative estimate of drug-likeness (QED) is 0.642. The zero-order valence-corrected chi connectivity index (χ0v) is 8.13. The van der Waals surface area contributed by atoms with Crippen molar-refractivity contribution < 1.29 is 17.9 Å². The Bertz CT molecular complexity index is 287. The van der Waals surface area contributed by atoms with Crippen LogP contribution in [0.5, 0.6) is 0 Å². The predicted octanol–water partition coefficient (Wildman–Crippen LogP) is -1.01. The average molecular weight is 208 g/mol. The molecule has 1 aliphatic heterocycles. The summed E-state index contributed by atoms with van der Waals surface area (Å²) in [6, 6.07) is 0. The van der Waals surface area contributed by atoms with Crippen molar-refractivity contribution in [3.05, 3.63) is 0 Å². The van der Waals surface area contributed by atoms with Crippen LogP contribution in [0.4, 0.5) is 4.79 Å². The van der Waals surface area contributed by atoms with Gasteiger partial charge in [0.05, 0.1) is 12.8 Å². The van der Waals surface area contributed by atoms with Crippen molar-refractivity contribution >= 4 is 16.1 Å². The van der Waals surface area contributed by atoms with Crippen LogP contribution in [0.25, 0.3) is 0 Å². The lowest BCUT2D eigenvalue weighted by Gasteiger charge is -2.11. The molecule has 0 aliphatic carbocycles. The maximum atomic E-state index is 10.9. The van der Waals surface area contributed by atoms with E-state index in [1.807, 2.05) is 0 Å². The number of cyclic esters (lactones) is 1. The lowest BCUT2D eigenvalue weighted by molar-refractivity contribution is 0.159. The highest BCUT2D eigenvalue weighted by molar-refractivity contribution is 7.88. The monoisotopic (exact) mass is 208 g/mol. The topological polar surface area (TPSA) is 75.7 Å². The normalized spacial score (nSPS) is 17.6. The van der Waals surface area contributed by atoms with Gasteiger partial charge in [0.2, 0.25) is 10.0 Å². The average Bonchev–Trinajstić information content (AvgIpc) is 2.34. The largest absolute Gasteiger partial charge is 0.448 e. The molecule has 0 saturated carbocycles. The molecule has 76 valence electrons. The van der Waals surface area contributed by atoms with Gasteiger partial charge in [-0.3, -0.25) is 0 Å². The fourth-order valence-corrected chi connectivity index (χ4v) is 1.46. The molecule has 0 unspecified atom stereocenters. The second-order valence-electron chi connectivity index (χ2n) is 2.77. The van der Waals surface area contributed by atoms with Gasteiger partial charge in [0.1, 0.15) is 6.61 Å². The number of nitrogens with zero attached hydrogens (tertiary/aromatic N) is 1. The van der Waals surface area contributed by atoms with Crippen molar-refractivity contribution in [3.63, 3.8) is 0 Å². The summed E-state index contributed by atoms with van der Waals surface area (Å²) >= 11 is 0. The van der Waals surface area contributed by atoms with Crippen molar-refractivity contribution in [2.75, 3.05) is 32.5 Å². The second-order valence-corrected chi connectivity index (χ2v) is 4.60. The summed E-state index contributed by atoms with van der Waals surface area (Å²) in [6.07, 6.45) is 0.699. The van der Waals surface area contributed by atoms with Crippen molar-refractivity contribution in [1.29, 1.82) is 0 Å². The Balaban J connectivity index is 2.23. The van der Waals surface area contributed by atoms with Crippen LogP contribution in [-0.2, 0) is 14.8 Å². The highest BCUT2D eigenvalue weighted by Gasteiger charge is 2.21. The minimum atomic E-state index is -3.16. The predicted molar refractivity (Wildman–Crippen MR) is 45.8 cm³/mol. The van der Waals surface area contributed by atoms with E-state index >= 15 is 0 Å². The molecule has 1 saturated heterocycles. The molecule has 0 aromatic carbocycles. The first kappa shape index (κ1) is 10.3. The molecule has 6 nitrogen and oxygen atoms in total. The van der Waals surface area contributed by atoms with Gasteiger partial charge in [-0.2, -0.15) is 0 Å². The van der Waals surface area contributed by atoms with E-state index in [9.17, 15) is 13.2 Å². The third-order valence-corrected chi connectivity index (χ3v) is 2.32. The van der Waals surface area contributed by atoms with Gasteiger partial charge in [-0.1, -0.05) is 0 Å². The summed E-state index contributed by atoms with van der Waals surface area (Å²) in [5.41, 5.74) is 0. The summed E-state index contributed by atoms with van der Waals surface area (Å²) in [5, 5.41) is 0. The molecule has 1 fully saturated rings. The zero-order chi connectivity index (χ0) is 9.90. The number of carbonyl (C=O) groups is 1. The first-order valence-electron chi connectivity index (χ1n) is 3.85. The van der Waals surface area contributed by atoms with Crippen LogP contribution >= 0.6 is 0 Å². The van der Waals surface area contributed by atoms with Gasteiger partial charge >= 0.3 is 6.09 Å². The van der Waals surface area contributed by atoms with Crippen molar-refractivity contribution in [2.45, 2.75) is 0 Å². The van der Waals surface area contributed by atoms with Crippen molar-refractivity contribution in [2.24, 2.45) is 0 Å². The fourth-order valence-electron chi connectivity index (χ4n) is 0.995. The molecule has 0 spiro atoms. The first-order chi connectivity index (χ1) is 5.99. The Kier molecular flexibility index (Phi) is 3.10. The standard InChI is InChI=1S/C6H12N2O4S/c1-13(10,11)7-2-3-8-4-5-12-6(8)9/h7H,2-5H2,1H3. The van der Waals surface area contributed by atoms with E-state index < -0.39 is 10.0 Å². The minimum Gasteiger partial charge on any atom is -0.448 e. The molecule has 0 aromatic heterocycles. The number of hydrogen-bond donors (Lipinski definition) is 1. The number of carbonyl (C=O) groups excluding carboxylic acids is 1. The third-order valence-electron chi connectivity index (χ3n) is 1.59. The number of ether oxygens (including phenoxy) is 1. The fraction of sp³-hybridized carbons (Fsp3) is 0.833. The number of sulfonamides is 1. The van der Waals surface area contributed by atoms with E-state index in [0.717, 1.165) is 6.26 Å². The van der Waals surface area contributed by atoms with E-state index in [0.29, 0.717) is 19.7 Å². The lowest BCUT2D eigenvalue weighted by Crippen LogP contribution is -2.34. The molecule has 0 aromatic rings. The van der Waals surface area contributed by atoms with E-state index in [1.54, 1.807) is 0 Å². The molecule has 1 N–H and O–H groups in total. The van der Waals surface area contributed by atoms with Crippen molar-refractivity contribution in [3.8, 4) is 0 Å². The Hall–Kier alpha value is -0.820. The van der Waals surface area contributed by atoms with Crippen LogP contribution in [0.15, 0.2) is 0 Å². The molecule has 0 atom stereocenters. The molecular formula is C6H12N2O4S. The first-order valence-corrected chi connectivity index (χ1v) is 5.74. The highest BCUT2D eigenvalue weighted by atomic mass is 32.2. The molecule has 1 amide bonds. The Morgan fingerprint density at radius 2 is 2.31 bits per heavy atom. The molecule has 1 rings (SSSR count). The molecule has 13 heavy (non-hydrogen) atoms. The highest BCUT2D eigenvalue weighted by Crippen LogP contribution is 2.01. The number of hydrogen-bond acceptors (Lipinski definition) is 4. The summed E-state index contributed by atoms with van der Waals surface area (Å²) in [4.78, 5) is 12.3. The van der Waals surface area contributed by atoms with Gasteiger partial charge in [0.25, 0.3) is 0 Å². The number of amides is 1. The third kappa shape index (κ3) is 3.60. The Morgan fingerprint density at radius 3 is 2.77 bits per heavy atom. The molecule has 0 bridgehead atoms. The van der Waals surface area contributed by atoms with Gasteiger partial charge in [-0.25, -0.2) is 17.9 Å². The number of rotatable bonds is 4. The molecule has 0 radical (unpaired) electrons. The van der Waals surface area contributed by atoms with E-state index in [2.05, 4.69) is 9.46 Å². The summed E-state index contributed by atoms with van der Waals surface area (Å²) < 4.78 is 28.2. The lowest BCUT2D eigenvalue weighted by atomic mass is 10.5. The van der Waals surface area contributed by atoms with Crippen molar-refractivity contribution in [1.82, 2.24) is 9.62 Å². The van der Waals surface area contributed by atoms with Crippen LogP contribution in [0.2, 0.25) is 0 Å². The molecule has 1 aliphatic rings. The van der Waals surface area contributed by atoms with E-state index in [-0.39, 0.29) is 12.6 Å². The van der Waals surface area contributed by atoms with E-state index in [1.165, 1.54) is 4.90 Å². The van der Waals surface area contributed by atoms with Crippen LogP contribution < -0.4 is 4.72 Å². The molecule has 1 heterocycles. The van der Waals surface area contributed by atoms with Crippen LogP contribution in [0.1, 0.15) is 0 Å². The summed E-state index contributed by atoms with van der Waals surface area (Å²) in [6.45, 7) is 1.50. The van der Waals surface area contributed by atoms with Gasteiger partial charge < -0.3 is 9.64 Å². The summed E-state index contributed by atoms with van der Waals surface area (Å²) in [7, 11) is -3.16. The van der Waals surface area contributed by atoms with Gasteiger partial charge in [0, 0.05) is 13.1 Å². The zero-order valence-electron chi connectivity index (χ0n) is 7.32. The van der Waals surface area contributed by atoms with Crippen LogP contribution in [-0.4, -0.2) is 51.9 Å². The second kappa shape index (κ2) is 3.93. The van der Waals surface area contributed by atoms with Gasteiger partial charge in [-0.05, 0) is 0 Å². The Morgan fingerprint density at radius 1 is 1.62 bits per heavy atom. The van der Waals surface area contributed by atoms with Crippen LogP contribution in [0, 0.1) is 0 Å². The number of nitrogens with one attached hydrogen (secondary N) is 1. The smallest absolute Gasteiger partial charge is 0.409 e. The molecule has 7 heteroatoms. The molecular weight excluding hydrogens is 196 g/mol. The summed E-state index contributed by atoms with van der Waals surface area (Å²) in [5.74, 6) is 0. The minimum absolute atomic E-state index is 0.230. The Labute approximate surface area is 76.9 Å². The maximum absolute atomic E-state index is 10.9. The van der Waals surface area contributed by atoms with Gasteiger partial charge in [-0.15, -0.1) is 0 Å². The van der Waals surface area contributed by atoms with Crippen LogP contribution in [0.3, 0.4) is 0 Å². The maximum Gasteiger partial charge on any atom is 0.409 e. The van der Waals surface area contributed by atoms with Gasteiger partial charge in [0.15, 0.2) is 0 Å². The SMILES string of the molecule is CS(=O)(=O)NCCN1CCOC1=O.